The van der Waals surface area contributed by atoms with Crippen LogP contribution in [-0.4, -0.2) is 16.1 Å². The lowest BCUT2D eigenvalue weighted by atomic mass is 10.1. The lowest BCUT2D eigenvalue weighted by molar-refractivity contribution is 0.0695. The highest BCUT2D eigenvalue weighted by Crippen LogP contribution is 2.20. The number of hydrogen-bond donors (Lipinski definition) is 2. The Labute approximate surface area is 99.5 Å². The van der Waals surface area contributed by atoms with Crippen LogP contribution in [0.3, 0.4) is 0 Å². The number of carboxylic acids is 1. The second kappa shape index (κ2) is 4.40. The van der Waals surface area contributed by atoms with Gasteiger partial charge in [0.1, 0.15) is 5.56 Å². The van der Waals surface area contributed by atoms with Crippen molar-refractivity contribution in [1.29, 1.82) is 0 Å². The van der Waals surface area contributed by atoms with Gasteiger partial charge in [-0.2, -0.15) is 0 Å². The van der Waals surface area contributed by atoms with Crippen LogP contribution < -0.4 is 5.56 Å². The number of H-pyrrole nitrogens is 1. The van der Waals surface area contributed by atoms with Crippen molar-refractivity contribution < 1.29 is 18.7 Å². The summed E-state index contributed by atoms with van der Waals surface area (Å²) in [6.45, 7) is 0. The summed E-state index contributed by atoms with van der Waals surface area (Å²) in [6, 6.07) is 4.25. The smallest absolute Gasteiger partial charge is 0.341 e. The summed E-state index contributed by atoms with van der Waals surface area (Å²) in [7, 11) is 0. The minimum Gasteiger partial charge on any atom is -0.477 e. The Kier molecular flexibility index (Phi) is 2.93. The Morgan fingerprint density at radius 1 is 1.11 bits per heavy atom. The molecule has 1 aromatic heterocycles. The second-order valence-corrected chi connectivity index (χ2v) is 3.57. The van der Waals surface area contributed by atoms with Crippen molar-refractivity contribution in [1.82, 2.24) is 4.98 Å². The van der Waals surface area contributed by atoms with Gasteiger partial charge in [0.05, 0.1) is 0 Å². The summed E-state index contributed by atoms with van der Waals surface area (Å²) < 4.78 is 25.8. The van der Waals surface area contributed by atoms with E-state index >= 15 is 0 Å². The van der Waals surface area contributed by atoms with Gasteiger partial charge in [-0.3, -0.25) is 4.79 Å². The zero-order valence-electron chi connectivity index (χ0n) is 8.91. The van der Waals surface area contributed by atoms with E-state index in [1.54, 1.807) is 0 Å². The van der Waals surface area contributed by atoms with E-state index in [4.69, 9.17) is 5.11 Å². The average molecular weight is 251 g/mol. The first-order valence-electron chi connectivity index (χ1n) is 4.90. The fourth-order valence-corrected chi connectivity index (χ4v) is 1.48. The number of carboxylic acid groups (broad SMARTS) is 1. The zero-order valence-corrected chi connectivity index (χ0v) is 8.91. The third-order valence-electron chi connectivity index (χ3n) is 2.39. The van der Waals surface area contributed by atoms with Gasteiger partial charge >= 0.3 is 5.97 Å². The molecule has 0 radical (unpaired) electrons. The van der Waals surface area contributed by atoms with Crippen LogP contribution in [0, 0.1) is 11.6 Å². The van der Waals surface area contributed by atoms with Crippen LogP contribution in [0.25, 0.3) is 11.1 Å². The molecule has 92 valence electrons. The molecule has 6 heteroatoms. The van der Waals surface area contributed by atoms with Crippen LogP contribution in [0.15, 0.2) is 35.3 Å². The SMILES string of the molecule is O=C(O)c1cc(-c2ccc(F)c(F)c2)c[nH]c1=O. The first-order chi connectivity index (χ1) is 8.49. The third-order valence-corrected chi connectivity index (χ3v) is 2.39. The molecular formula is C12H7F2NO3. The summed E-state index contributed by atoms with van der Waals surface area (Å²) in [5.74, 6) is -3.43. The van der Waals surface area contributed by atoms with E-state index in [9.17, 15) is 18.4 Å². The molecule has 0 aliphatic heterocycles. The molecule has 0 unspecified atom stereocenters. The normalized spacial score (nSPS) is 10.3. The second-order valence-electron chi connectivity index (χ2n) is 3.57. The Balaban J connectivity index is 2.57. The van der Waals surface area contributed by atoms with E-state index in [1.165, 1.54) is 12.3 Å². The highest BCUT2D eigenvalue weighted by molar-refractivity contribution is 5.88. The molecule has 0 aliphatic rings. The number of pyridine rings is 1. The van der Waals surface area contributed by atoms with Crippen molar-refractivity contribution in [2.45, 2.75) is 0 Å². The van der Waals surface area contributed by atoms with Crippen LogP contribution >= 0.6 is 0 Å². The van der Waals surface area contributed by atoms with E-state index < -0.39 is 28.7 Å². The van der Waals surface area contributed by atoms with Crippen LogP contribution in [0.2, 0.25) is 0 Å². The molecule has 0 spiro atoms. The maximum absolute atomic E-state index is 13.0. The molecule has 0 amide bonds. The number of halogens is 2. The Morgan fingerprint density at radius 3 is 2.44 bits per heavy atom. The molecular weight excluding hydrogens is 244 g/mol. The van der Waals surface area contributed by atoms with Gasteiger partial charge in [0, 0.05) is 6.20 Å². The number of benzene rings is 1. The van der Waals surface area contributed by atoms with Crippen molar-refractivity contribution in [3.8, 4) is 11.1 Å². The van der Waals surface area contributed by atoms with Crippen molar-refractivity contribution >= 4 is 5.97 Å². The molecule has 2 aromatic rings. The van der Waals surface area contributed by atoms with Gasteiger partial charge in [0.25, 0.3) is 5.56 Å². The molecule has 2 rings (SSSR count). The predicted molar refractivity (Wildman–Crippen MR) is 59.4 cm³/mol. The van der Waals surface area contributed by atoms with Crippen molar-refractivity contribution in [3.63, 3.8) is 0 Å². The number of aromatic carboxylic acids is 1. The van der Waals surface area contributed by atoms with Gasteiger partial charge in [0.15, 0.2) is 11.6 Å². The monoisotopic (exact) mass is 251 g/mol. The first-order valence-corrected chi connectivity index (χ1v) is 4.90. The maximum Gasteiger partial charge on any atom is 0.341 e. The number of aromatic amines is 1. The molecule has 0 atom stereocenters. The summed E-state index contributed by atoms with van der Waals surface area (Å²) in [5, 5.41) is 8.78. The maximum atomic E-state index is 13.0. The highest BCUT2D eigenvalue weighted by Gasteiger charge is 2.11. The highest BCUT2D eigenvalue weighted by atomic mass is 19.2. The van der Waals surface area contributed by atoms with Crippen molar-refractivity contribution in [2.75, 3.05) is 0 Å². The van der Waals surface area contributed by atoms with E-state index in [2.05, 4.69) is 4.98 Å². The molecule has 1 heterocycles. The van der Waals surface area contributed by atoms with Gasteiger partial charge in [-0.25, -0.2) is 13.6 Å². The molecule has 18 heavy (non-hydrogen) atoms. The molecule has 2 N–H and O–H groups in total. The summed E-state index contributed by atoms with van der Waals surface area (Å²) in [4.78, 5) is 24.2. The number of nitrogens with one attached hydrogen (secondary N) is 1. The van der Waals surface area contributed by atoms with E-state index in [0.717, 1.165) is 18.2 Å². The Bertz CT molecular complexity index is 679. The van der Waals surface area contributed by atoms with E-state index in [1.807, 2.05) is 0 Å². The first kappa shape index (κ1) is 12.0. The van der Waals surface area contributed by atoms with Crippen LogP contribution in [0.4, 0.5) is 8.78 Å². The summed E-state index contributed by atoms with van der Waals surface area (Å²) >= 11 is 0. The average Bonchev–Trinajstić information content (AvgIpc) is 2.33. The molecule has 0 aliphatic carbocycles. The van der Waals surface area contributed by atoms with E-state index in [0.29, 0.717) is 0 Å². The topological polar surface area (TPSA) is 70.2 Å². The minimum atomic E-state index is -1.39. The molecule has 0 fully saturated rings. The molecule has 1 aromatic carbocycles. The minimum absolute atomic E-state index is 0.271. The lowest BCUT2D eigenvalue weighted by Gasteiger charge is -2.03. The number of carbonyl (C=O) groups is 1. The van der Waals surface area contributed by atoms with Crippen LogP contribution in [0.1, 0.15) is 10.4 Å². The van der Waals surface area contributed by atoms with E-state index in [-0.39, 0.29) is 11.1 Å². The standard InChI is InChI=1S/C12H7F2NO3/c13-9-2-1-6(4-10(9)14)7-3-8(12(17)18)11(16)15-5-7/h1-5H,(H,15,16)(H,17,18). The van der Waals surface area contributed by atoms with Crippen LogP contribution in [-0.2, 0) is 0 Å². The lowest BCUT2D eigenvalue weighted by Crippen LogP contribution is -2.16. The zero-order chi connectivity index (χ0) is 13.3. The summed E-state index contributed by atoms with van der Waals surface area (Å²) in [6.07, 6.45) is 1.24. The van der Waals surface area contributed by atoms with Gasteiger partial charge < -0.3 is 10.1 Å². The molecule has 0 bridgehead atoms. The van der Waals surface area contributed by atoms with Gasteiger partial charge in [0.2, 0.25) is 0 Å². The fourth-order valence-electron chi connectivity index (χ4n) is 1.48. The Hall–Kier alpha value is -2.50. The van der Waals surface area contributed by atoms with Gasteiger partial charge in [-0.15, -0.1) is 0 Å². The van der Waals surface area contributed by atoms with Gasteiger partial charge in [-0.05, 0) is 29.3 Å². The number of hydrogen-bond acceptors (Lipinski definition) is 2. The van der Waals surface area contributed by atoms with Crippen LogP contribution in [0.5, 0.6) is 0 Å². The Morgan fingerprint density at radius 2 is 1.83 bits per heavy atom. The van der Waals surface area contributed by atoms with Crippen molar-refractivity contribution in [2.24, 2.45) is 0 Å². The molecule has 0 saturated carbocycles. The summed E-state index contributed by atoms with van der Waals surface area (Å²) in [5.41, 5.74) is -0.662. The third kappa shape index (κ3) is 2.13. The molecule has 0 saturated heterocycles. The molecule has 4 nitrogen and oxygen atoms in total. The largest absolute Gasteiger partial charge is 0.477 e. The van der Waals surface area contributed by atoms with Crippen molar-refractivity contribution in [3.05, 3.63) is 58.0 Å². The predicted octanol–water partition coefficient (Wildman–Crippen LogP) is 2.02. The number of aromatic nitrogens is 1. The van der Waals surface area contributed by atoms with Gasteiger partial charge in [-0.1, -0.05) is 6.07 Å². The quantitative estimate of drug-likeness (QED) is 0.857. The fraction of sp³-hybridized carbons (Fsp3) is 0. The number of rotatable bonds is 2.